The number of para-hydroxylation sites is 1. The van der Waals surface area contributed by atoms with Gasteiger partial charge in [0.05, 0.1) is 6.33 Å². The van der Waals surface area contributed by atoms with Crippen LogP contribution in [0.1, 0.15) is 5.56 Å². The molecule has 27 heavy (non-hydrogen) atoms. The number of aromatic nitrogens is 3. The SMILES string of the molecule is CSc1ccc(CNC(=O)Cn2cnc3c([nH]c4ccccc43)c2=O)cc1. The monoisotopic (exact) mass is 378 g/mol. The highest BCUT2D eigenvalue weighted by Crippen LogP contribution is 2.20. The fraction of sp³-hybridized carbons (Fsp3) is 0.150. The molecule has 2 aromatic heterocycles. The molecule has 0 radical (unpaired) electrons. The molecule has 7 heteroatoms. The largest absolute Gasteiger partial charge is 0.350 e. The number of benzene rings is 2. The maximum Gasteiger partial charge on any atom is 0.278 e. The van der Waals surface area contributed by atoms with Gasteiger partial charge in [0.15, 0.2) is 0 Å². The number of thioether (sulfide) groups is 1. The van der Waals surface area contributed by atoms with E-state index in [0.717, 1.165) is 16.5 Å². The normalized spacial score (nSPS) is 11.1. The van der Waals surface area contributed by atoms with Crippen molar-refractivity contribution in [1.29, 1.82) is 0 Å². The Labute approximate surface area is 159 Å². The lowest BCUT2D eigenvalue weighted by Crippen LogP contribution is -2.32. The molecular formula is C20H18N4O2S. The number of rotatable bonds is 5. The van der Waals surface area contributed by atoms with Crippen LogP contribution in [0.3, 0.4) is 0 Å². The highest BCUT2D eigenvalue weighted by atomic mass is 32.2. The van der Waals surface area contributed by atoms with Crippen molar-refractivity contribution in [3.05, 3.63) is 70.8 Å². The van der Waals surface area contributed by atoms with Gasteiger partial charge in [0.2, 0.25) is 5.91 Å². The van der Waals surface area contributed by atoms with Gasteiger partial charge >= 0.3 is 0 Å². The van der Waals surface area contributed by atoms with Gasteiger partial charge in [-0.05, 0) is 30.0 Å². The number of H-pyrrole nitrogens is 1. The van der Waals surface area contributed by atoms with E-state index in [9.17, 15) is 9.59 Å². The summed E-state index contributed by atoms with van der Waals surface area (Å²) >= 11 is 1.67. The van der Waals surface area contributed by atoms with Crippen molar-refractivity contribution in [3.63, 3.8) is 0 Å². The molecule has 2 N–H and O–H groups in total. The molecule has 136 valence electrons. The number of hydrogen-bond donors (Lipinski definition) is 2. The summed E-state index contributed by atoms with van der Waals surface area (Å²) in [6, 6.07) is 15.6. The Morgan fingerprint density at radius 1 is 1.19 bits per heavy atom. The molecule has 0 aliphatic rings. The maximum atomic E-state index is 12.7. The Morgan fingerprint density at radius 2 is 1.96 bits per heavy atom. The van der Waals surface area contributed by atoms with Gasteiger partial charge in [-0.3, -0.25) is 14.2 Å². The topological polar surface area (TPSA) is 79.8 Å². The van der Waals surface area contributed by atoms with Gasteiger partial charge in [0.1, 0.15) is 17.6 Å². The van der Waals surface area contributed by atoms with E-state index in [1.807, 2.05) is 54.8 Å². The average molecular weight is 378 g/mol. The van der Waals surface area contributed by atoms with Gasteiger partial charge in [-0.25, -0.2) is 4.98 Å². The molecule has 0 aliphatic carbocycles. The van der Waals surface area contributed by atoms with E-state index in [0.29, 0.717) is 17.6 Å². The van der Waals surface area contributed by atoms with Crippen LogP contribution in [-0.4, -0.2) is 26.7 Å². The highest BCUT2D eigenvalue weighted by molar-refractivity contribution is 7.98. The van der Waals surface area contributed by atoms with Crippen LogP contribution in [0, 0.1) is 0 Å². The number of amides is 1. The lowest BCUT2D eigenvalue weighted by atomic mass is 10.2. The average Bonchev–Trinajstić information content (AvgIpc) is 3.08. The van der Waals surface area contributed by atoms with Crippen LogP contribution in [0.5, 0.6) is 0 Å². The molecule has 1 amide bonds. The molecule has 2 aromatic carbocycles. The molecule has 0 atom stereocenters. The molecule has 6 nitrogen and oxygen atoms in total. The Morgan fingerprint density at radius 3 is 2.74 bits per heavy atom. The Kier molecular flexibility index (Phi) is 4.68. The van der Waals surface area contributed by atoms with E-state index in [-0.39, 0.29) is 18.0 Å². The number of fused-ring (bicyclic) bond motifs is 3. The van der Waals surface area contributed by atoms with Gasteiger partial charge in [-0.2, -0.15) is 0 Å². The van der Waals surface area contributed by atoms with Crippen molar-refractivity contribution in [1.82, 2.24) is 19.9 Å². The van der Waals surface area contributed by atoms with E-state index < -0.39 is 0 Å². The minimum atomic E-state index is -0.254. The van der Waals surface area contributed by atoms with Crippen LogP contribution >= 0.6 is 11.8 Å². The second kappa shape index (κ2) is 7.28. The summed E-state index contributed by atoms with van der Waals surface area (Å²) in [5.74, 6) is -0.233. The predicted octanol–water partition coefficient (Wildman–Crippen LogP) is 2.92. The number of nitrogens with zero attached hydrogens (tertiary/aromatic N) is 2. The molecular weight excluding hydrogens is 360 g/mol. The van der Waals surface area contributed by atoms with Crippen molar-refractivity contribution >= 4 is 39.6 Å². The standard InChI is InChI=1S/C20H18N4O2S/c1-27-14-8-6-13(7-9-14)10-21-17(25)11-24-12-22-18-15-4-2-3-5-16(15)23-19(18)20(24)26/h2-9,12,23H,10-11H2,1H3,(H,21,25). The minimum Gasteiger partial charge on any atom is -0.350 e. The van der Waals surface area contributed by atoms with E-state index in [1.165, 1.54) is 15.8 Å². The van der Waals surface area contributed by atoms with E-state index in [1.54, 1.807) is 11.8 Å². The quantitative estimate of drug-likeness (QED) is 0.523. The van der Waals surface area contributed by atoms with Crippen molar-refractivity contribution in [2.75, 3.05) is 6.26 Å². The second-order valence-electron chi connectivity index (χ2n) is 6.20. The molecule has 0 saturated heterocycles. The minimum absolute atomic E-state index is 0.0694. The number of aromatic amines is 1. The number of carbonyl (C=O) groups is 1. The number of carbonyl (C=O) groups excluding carboxylic acids is 1. The zero-order valence-electron chi connectivity index (χ0n) is 14.7. The molecule has 2 heterocycles. The second-order valence-corrected chi connectivity index (χ2v) is 7.08. The summed E-state index contributed by atoms with van der Waals surface area (Å²) in [6.45, 7) is 0.352. The van der Waals surface area contributed by atoms with Crippen LogP contribution in [0.25, 0.3) is 21.9 Å². The van der Waals surface area contributed by atoms with Gasteiger partial charge in [-0.15, -0.1) is 11.8 Å². The molecule has 4 rings (SSSR count). The maximum absolute atomic E-state index is 12.7. The molecule has 0 aliphatic heterocycles. The molecule has 0 bridgehead atoms. The van der Waals surface area contributed by atoms with Crippen molar-refractivity contribution in [2.45, 2.75) is 18.0 Å². The fourth-order valence-corrected chi connectivity index (χ4v) is 3.41. The van der Waals surface area contributed by atoms with Crippen molar-refractivity contribution in [2.24, 2.45) is 0 Å². The zero-order chi connectivity index (χ0) is 18.8. The van der Waals surface area contributed by atoms with Gasteiger partial charge < -0.3 is 10.3 Å². The summed E-state index contributed by atoms with van der Waals surface area (Å²) in [6.07, 6.45) is 3.45. The Hall–Kier alpha value is -3.06. The predicted molar refractivity (Wildman–Crippen MR) is 108 cm³/mol. The van der Waals surface area contributed by atoms with Crippen LogP contribution in [-0.2, 0) is 17.9 Å². The van der Waals surface area contributed by atoms with E-state index in [2.05, 4.69) is 15.3 Å². The first-order valence-electron chi connectivity index (χ1n) is 8.51. The van der Waals surface area contributed by atoms with Crippen LogP contribution < -0.4 is 10.9 Å². The molecule has 0 fully saturated rings. The Bertz CT molecular complexity index is 1180. The summed E-state index contributed by atoms with van der Waals surface area (Å²) in [5.41, 5.74) is 2.65. The number of hydrogen-bond acceptors (Lipinski definition) is 4. The van der Waals surface area contributed by atoms with Gasteiger partial charge in [0.25, 0.3) is 5.56 Å². The first-order valence-corrected chi connectivity index (χ1v) is 9.73. The smallest absolute Gasteiger partial charge is 0.278 e. The van der Waals surface area contributed by atoms with Crippen molar-refractivity contribution in [3.8, 4) is 0 Å². The summed E-state index contributed by atoms with van der Waals surface area (Å²) in [4.78, 5) is 33.6. The lowest BCUT2D eigenvalue weighted by molar-refractivity contribution is -0.121. The zero-order valence-corrected chi connectivity index (χ0v) is 15.5. The summed E-state index contributed by atoms with van der Waals surface area (Å²) < 4.78 is 1.32. The third kappa shape index (κ3) is 3.46. The van der Waals surface area contributed by atoms with Crippen molar-refractivity contribution < 1.29 is 4.79 Å². The summed E-state index contributed by atoms with van der Waals surface area (Å²) in [7, 11) is 0. The van der Waals surface area contributed by atoms with Gasteiger partial charge in [0, 0.05) is 22.3 Å². The molecule has 0 spiro atoms. The molecule has 0 unspecified atom stereocenters. The first-order chi connectivity index (χ1) is 13.2. The third-order valence-electron chi connectivity index (χ3n) is 4.44. The van der Waals surface area contributed by atoms with Crippen LogP contribution in [0.2, 0.25) is 0 Å². The van der Waals surface area contributed by atoms with E-state index in [4.69, 9.17) is 0 Å². The molecule has 4 aromatic rings. The highest BCUT2D eigenvalue weighted by Gasteiger charge is 2.12. The molecule has 0 saturated carbocycles. The van der Waals surface area contributed by atoms with Crippen LogP contribution in [0.4, 0.5) is 0 Å². The van der Waals surface area contributed by atoms with Gasteiger partial charge in [-0.1, -0.05) is 30.3 Å². The fourth-order valence-electron chi connectivity index (χ4n) is 3.01. The Balaban J connectivity index is 1.50. The van der Waals surface area contributed by atoms with Crippen LogP contribution in [0.15, 0.2) is 64.5 Å². The first kappa shape index (κ1) is 17.4. The third-order valence-corrected chi connectivity index (χ3v) is 5.19. The number of nitrogens with one attached hydrogen (secondary N) is 2. The summed E-state index contributed by atoms with van der Waals surface area (Å²) in [5, 5.41) is 3.74. The lowest BCUT2D eigenvalue weighted by Gasteiger charge is -2.08. The van der Waals surface area contributed by atoms with E-state index >= 15 is 0 Å².